The topological polar surface area (TPSA) is 101 Å². The van der Waals surface area contributed by atoms with Crippen LogP contribution in [0.1, 0.15) is 21.7 Å². The standard InChI is InChI=1S/C17H17N5O4/c1-11-4-5-19-16(15(11)17(23)22-7-6-18-10-22)26-9-12-20-13(24-2)8-14(21-12)25-3/h4-8,10H,9H2,1-3H3. The van der Waals surface area contributed by atoms with Crippen molar-refractivity contribution in [3.05, 3.63) is 54.0 Å². The van der Waals surface area contributed by atoms with E-state index in [1.165, 1.54) is 31.3 Å². The number of rotatable bonds is 6. The zero-order chi connectivity index (χ0) is 18.5. The predicted molar refractivity (Wildman–Crippen MR) is 90.4 cm³/mol. The molecular weight excluding hydrogens is 338 g/mol. The zero-order valence-electron chi connectivity index (χ0n) is 14.5. The molecule has 0 aliphatic heterocycles. The number of aromatic nitrogens is 5. The van der Waals surface area contributed by atoms with Crippen molar-refractivity contribution < 1.29 is 19.0 Å². The molecule has 0 aliphatic carbocycles. The number of imidazole rings is 1. The van der Waals surface area contributed by atoms with Crippen molar-refractivity contribution >= 4 is 5.91 Å². The monoisotopic (exact) mass is 355 g/mol. The molecule has 3 aromatic rings. The van der Waals surface area contributed by atoms with E-state index >= 15 is 0 Å². The summed E-state index contributed by atoms with van der Waals surface area (Å²) >= 11 is 0. The number of hydrogen-bond donors (Lipinski definition) is 0. The molecular formula is C17H17N5O4. The summed E-state index contributed by atoms with van der Waals surface area (Å²) in [6.45, 7) is 1.80. The van der Waals surface area contributed by atoms with Gasteiger partial charge in [0.1, 0.15) is 18.5 Å². The van der Waals surface area contributed by atoms with Crippen molar-refractivity contribution in [2.24, 2.45) is 0 Å². The summed E-state index contributed by atoms with van der Waals surface area (Å²) in [5.74, 6) is 0.941. The summed E-state index contributed by atoms with van der Waals surface area (Å²) in [7, 11) is 2.99. The van der Waals surface area contributed by atoms with Gasteiger partial charge in [-0.2, -0.15) is 9.97 Å². The number of methoxy groups -OCH3 is 2. The number of pyridine rings is 1. The molecule has 3 rings (SSSR count). The third-order valence-corrected chi connectivity index (χ3v) is 3.56. The third-order valence-electron chi connectivity index (χ3n) is 3.56. The minimum atomic E-state index is -0.285. The largest absolute Gasteiger partial charge is 0.481 e. The van der Waals surface area contributed by atoms with E-state index in [2.05, 4.69) is 19.9 Å². The SMILES string of the molecule is COc1cc(OC)nc(COc2nccc(C)c2C(=O)n2ccnc2)n1. The normalized spacial score (nSPS) is 10.4. The highest BCUT2D eigenvalue weighted by atomic mass is 16.5. The van der Waals surface area contributed by atoms with Crippen LogP contribution >= 0.6 is 0 Å². The van der Waals surface area contributed by atoms with Gasteiger partial charge in [0.2, 0.25) is 17.6 Å². The fraction of sp³-hybridized carbons (Fsp3) is 0.235. The molecule has 134 valence electrons. The van der Waals surface area contributed by atoms with Gasteiger partial charge in [-0.3, -0.25) is 9.36 Å². The lowest BCUT2D eigenvalue weighted by Crippen LogP contribution is -2.15. The van der Waals surface area contributed by atoms with Gasteiger partial charge >= 0.3 is 0 Å². The average Bonchev–Trinajstić information content (AvgIpc) is 3.20. The fourth-order valence-electron chi connectivity index (χ4n) is 2.27. The maximum absolute atomic E-state index is 12.7. The van der Waals surface area contributed by atoms with Gasteiger partial charge in [0.15, 0.2) is 5.82 Å². The number of ether oxygens (including phenoxy) is 3. The van der Waals surface area contributed by atoms with E-state index in [1.54, 1.807) is 24.5 Å². The molecule has 9 heteroatoms. The maximum Gasteiger partial charge on any atom is 0.268 e. The van der Waals surface area contributed by atoms with Crippen LogP contribution in [0.3, 0.4) is 0 Å². The summed E-state index contributed by atoms with van der Waals surface area (Å²) in [5.41, 5.74) is 1.08. The number of carbonyl (C=O) groups excluding carboxylic acids is 1. The Labute approximate surface area is 149 Å². The van der Waals surface area contributed by atoms with E-state index in [-0.39, 0.29) is 18.4 Å². The molecule has 0 saturated heterocycles. The van der Waals surface area contributed by atoms with E-state index in [1.807, 2.05) is 6.92 Å². The van der Waals surface area contributed by atoms with Crippen LogP contribution in [0, 0.1) is 6.92 Å². The summed E-state index contributed by atoms with van der Waals surface area (Å²) < 4.78 is 17.3. The average molecular weight is 355 g/mol. The van der Waals surface area contributed by atoms with E-state index < -0.39 is 0 Å². The predicted octanol–water partition coefficient (Wildman–Crippen LogP) is 1.66. The first-order chi connectivity index (χ1) is 12.6. The molecule has 0 amide bonds. The molecule has 0 bridgehead atoms. The smallest absolute Gasteiger partial charge is 0.268 e. The molecule has 3 aromatic heterocycles. The maximum atomic E-state index is 12.7. The van der Waals surface area contributed by atoms with E-state index in [4.69, 9.17) is 14.2 Å². The van der Waals surface area contributed by atoms with Crippen LogP contribution < -0.4 is 14.2 Å². The molecule has 0 spiro atoms. The number of hydrogen-bond acceptors (Lipinski definition) is 8. The van der Waals surface area contributed by atoms with Crippen LogP contribution in [-0.4, -0.2) is 44.6 Å². The van der Waals surface area contributed by atoms with Crippen molar-refractivity contribution in [2.75, 3.05) is 14.2 Å². The van der Waals surface area contributed by atoms with Crippen LogP contribution in [0.15, 0.2) is 37.1 Å². The summed E-state index contributed by atoms with van der Waals surface area (Å²) in [6, 6.07) is 3.30. The highest BCUT2D eigenvalue weighted by molar-refractivity contribution is 5.99. The Kier molecular flexibility index (Phi) is 5.07. The molecule has 0 aromatic carbocycles. The Morgan fingerprint density at radius 1 is 1.15 bits per heavy atom. The first-order valence-corrected chi connectivity index (χ1v) is 7.69. The Morgan fingerprint density at radius 3 is 2.50 bits per heavy atom. The van der Waals surface area contributed by atoms with Gasteiger partial charge in [-0.25, -0.2) is 9.97 Å². The number of nitrogens with zero attached hydrogens (tertiary/aromatic N) is 5. The van der Waals surface area contributed by atoms with Crippen LogP contribution in [0.5, 0.6) is 17.6 Å². The lowest BCUT2D eigenvalue weighted by molar-refractivity contribution is 0.0953. The summed E-state index contributed by atoms with van der Waals surface area (Å²) in [5, 5.41) is 0. The quantitative estimate of drug-likeness (QED) is 0.658. The second-order valence-corrected chi connectivity index (χ2v) is 5.24. The van der Waals surface area contributed by atoms with Crippen molar-refractivity contribution in [3.63, 3.8) is 0 Å². The van der Waals surface area contributed by atoms with Crippen LogP contribution in [-0.2, 0) is 6.61 Å². The molecule has 0 radical (unpaired) electrons. The number of carbonyl (C=O) groups is 1. The first kappa shape index (κ1) is 17.3. The van der Waals surface area contributed by atoms with Crippen molar-refractivity contribution in [1.29, 1.82) is 0 Å². The van der Waals surface area contributed by atoms with Crippen molar-refractivity contribution in [2.45, 2.75) is 13.5 Å². The molecule has 0 atom stereocenters. The second-order valence-electron chi connectivity index (χ2n) is 5.24. The van der Waals surface area contributed by atoms with Gasteiger partial charge in [0.05, 0.1) is 20.3 Å². The van der Waals surface area contributed by atoms with Crippen LogP contribution in [0.25, 0.3) is 0 Å². The number of aryl methyl sites for hydroxylation is 1. The van der Waals surface area contributed by atoms with Gasteiger partial charge in [0, 0.05) is 18.6 Å². The highest BCUT2D eigenvalue weighted by Crippen LogP contribution is 2.22. The summed E-state index contributed by atoms with van der Waals surface area (Å²) in [4.78, 5) is 29.2. The van der Waals surface area contributed by atoms with Crippen LogP contribution in [0.2, 0.25) is 0 Å². The van der Waals surface area contributed by atoms with Gasteiger partial charge < -0.3 is 14.2 Å². The Morgan fingerprint density at radius 2 is 1.88 bits per heavy atom. The lowest BCUT2D eigenvalue weighted by atomic mass is 10.1. The van der Waals surface area contributed by atoms with Gasteiger partial charge in [-0.05, 0) is 18.6 Å². The van der Waals surface area contributed by atoms with Crippen molar-refractivity contribution in [3.8, 4) is 17.6 Å². The molecule has 0 unspecified atom stereocenters. The van der Waals surface area contributed by atoms with E-state index in [0.717, 1.165) is 5.56 Å². The molecule has 0 saturated carbocycles. The molecule has 3 heterocycles. The minimum absolute atomic E-state index is 0.00573. The van der Waals surface area contributed by atoms with Gasteiger partial charge in [-0.1, -0.05) is 0 Å². The highest BCUT2D eigenvalue weighted by Gasteiger charge is 2.19. The lowest BCUT2D eigenvalue weighted by Gasteiger charge is -2.12. The fourth-order valence-corrected chi connectivity index (χ4v) is 2.27. The zero-order valence-corrected chi connectivity index (χ0v) is 14.5. The second kappa shape index (κ2) is 7.60. The molecule has 0 fully saturated rings. The van der Waals surface area contributed by atoms with E-state index in [0.29, 0.717) is 23.1 Å². The van der Waals surface area contributed by atoms with Gasteiger partial charge in [0.25, 0.3) is 5.91 Å². The first-order valence-electron chi connectivity index (χ1n) is 7.69. The molecule has 0 N–H and O–H groups in total. The minimum Gasteiger partial charge on any atom is -0.481 e. The summed E-state index contributed by atoms with van der Waals surface area (Å²) in [6.07, 6.45) is 6.09. The van der Waals surface area contributed by atoms with Crippen molar-refractivity contribution in [1.82, 2.24) is 24.5 Å². The molecule has 26 heavy (non-hydrogen) atoms. The Balaban J connectivity index is 1.87. The van der Waals surface area contributed by atoms with E-state index in [9.17, 15) is 4.79 Å². The van der Waals surface area contributed by atoms with Gasteiger partial charge in [-0.15, -0.1) is 0 Å². The molecule has 0 aliphatic rings. The third kappa shape index (κ3) is 3.61. The van der Waals surface area contributed by atoms with Crippen LogP contribution in [0.4, 0.5) is 0 Å². The Bertz CT molecular complexity index is 889. The molecule has 9 nitrogen and oxygen atoms in total. The Hall–Kier alpha value is -3.49.